The van der Waals surface area contributed by atoms with Crippen molar-refractivity contribution in [3.8, 4) is 5.75 Å². The Kier molecular flexibility index (Phi) is 4.31. The van der Waals surface area contributed by atoms with Crippen LogP contribution in [-0.4, -0.2) is 22.1 Å². The zero-order chi connectivity index (χ0) is 20.1. The van der Waals surface area contributed by atoms with Gasteiger partial charge in [-0.3, -0.25) is 23.3 Å². The number of pyridine rings is 1. The molecule has 27 heavy (non-hydrogen) atoms. The molecule has 0 aliphatic rings. The van der Waals surface area contributed by atoms with Gasteiger partial charge in [0.15, 0.2) is 5.75 Å². The standard InChI is InChI=1S/C17H17N3O6S/c1-10-5-7-11(8-6-10)27(24,25)26-12-9-13(21)18(2)15-14(12)16(22)20(4)17(23)19(15)3/h5-9H,1-4H3. The first-order valence-electron chi connectivity index (χ1n) is 7.85. The summed E-state index contributed by atoms with van der Waals surface area (Å²) in [5.41, 5.74) is -1.22. The van der Waals surface area contributed by atoms with Crippen molar-refractivity contribution in [3.63, 3.8) is 0 Å². The van der Waals surface area contributed by atoms with Crippen LogP contribution < -0.4 is 21.0 Å². The van der Waals surface area contributed by atoms with Crippen LogP contribution in [0.2, 0.25) is 0 Å². The van der Waals surface area contributed by atoms with Crippen molar-refractivity contribution in [1.82, 2.24) is 13.7 Å². The average molecular weight is 391 g/mol. The van der Waals surface area contributed by atoms with Crippen LogP contribution in [0.15, 0.2) is 49.6 Å². The van der Waals surface area contributed by atoms with Gasteiger partial charge >= 0.3 is 15.8 Å². The highest BCUT2D eigenvalue weighted by molar-refractivity contribution is 7.87. The van der Waals surface area contributed by atoms with E-state index in [1.54, 1.807) is 19.1 Å². The predicted octanol–water partition coefficient (Wildman–Crippen LogP) is 0.0120. The lowest BCUT2D eigenvalue weighted by Gasteiger charge is -2.14. The van der Waals surface area contributed by atoms with E-state index < -0.39 is 32.7 Å². The summed E-state index contributed by atoms with van der Waals surface area (Å²) in [4.78, 5) is 36.9. The van der Waals surface area contributed by atoms with E-state index >= 15 is 0 Å². The van der Waals surface area contributed by atoms with E-state index in [1.165, 1.54) is 33.3 Å². The molecular weight excluding hydrogens is 374 g/mol. The number of aromatic nitrogens is 3. The molecule has 0 fully saturated rings. The first-order valence-corrected chi connectivity index (χ1v) is 9.26. The zero-order valence-electron chi connectivity index (χ0n) is 15.1. The Labute approximate surface area is 153 Å². The Hall–Kier alpha value is -3.14. The maximum absolute atomic E-state index is 12.6. The molecule has 3 rings (SSSR count). The van der Waals surface area contributed by atoms with Crippen LogP contribution >= 0.6 is 0 Å². The molecule has 0 amide bonds. The minimum atomic E-state index is -4.29. The molecule has 9 nitrogen and oxygen atoms in total. The normalized spacial score (nSPS) is 11.7. The van der Waals surface area contributed by atoms with Gasteiger partial charge in [0.25, 0.3) is 11.1 Å². The molecule has 0 saturated heterocycles. The molecule has 0 saturated carbocycles. The summed E-state index contributed by atoms with van der Waals surface area (Å²) in [5.74, 6) is -0.426. The van der Waals surface area contributed by atoms with Crippen LogP contribution in [-0.2, 0) is 31.3 Å². The molecular formula is C17H17N3O6S. The lowest BCUT2D eigenvalue weighted by Crippen LogP contribution is -2.39. The van der Waals surface area contributed by atoms with Gasteiger partial charge in [0.1, 0.15) is 15.9 Å². The summed E-state index contributed by atoms with van der Waals surface area (Å²) in [7, 11) is -0.276. The molecule has 0 radical (unpaired) electrons. The maximum Gasteiger partial charge on any atom is 0.339 e. The van der Waals surface area contributed by atoms with Gasteiger partial charge < -0.3 is 4.18 Å². The van der Waals surface area contributed by atoms with E-state index in [9.17, 15) is 22.8 Å². The number of aryl methyl sites for hydroxylation is 3. The largest absolute Gasteiger partial charge is 0.378 e. The Bertz CT molecular complexity index is 1350. The monoisotopic (exact) mass is 391 g/mol. The van der Waals surface area contributed by atoms with Crippen LogP contribution in [0, 0.1) is 6.92 Å². The summed E-state index contributed by atoms with van der Waals surface area (Å²) in [6.45, 7) is 1.80. The van der Waals surface area contributed by atoms with Gasteiger partial charge in [0, 0.05) is 27.2 Å². The summed E-state index contributed by atoms with van der Waals surface area (Å²) in [6, 6.07) is 6.84. The number of hydrogen-bond donors (Lipinski definition) is 0. The van der Waals surface area contributed by atoms with Crippen LogP contribution in [0.1, 0.15) is 5.56 Å². The van der Waals surface area contributed by atoms with E-state index in [2.05, 4.69) is 0 Å². The van der Waals surface area contributed by atoms with Crippen LogP contribution in [0.5, 0.6) is 5.75 Å². The van der Waals surface area contributed by atoms with Gasteiger partial charge in [-0.05, 0) is 19.1 Å². The average Bonchev–Trinajstić information content (AvgIpc) is 2.61. The van der Waals surface area contributed by atoms with Gasteiger partial charge in [-0.15, -0.1) is 0 Å². The summed E-state index contributed by atoms with van der Waals surface area (Å²) in [6.07, 6.45) is 0. The van der Waals surface area contributed by atoms with E-state index in [-0.39, 0.29) is 15.9 Å². The lowest BCUT2D eigenvalue weighted by molar-refractivity contribution is 0.486. The van der Waals surface area contributed by atoms with Gasteiger partial charge in [-0.2, -0.15) is 8.42 Å². The van der Waals surface area contributed by atoms with Gasteiger partial charge in [0.05, 0.1) is 0 Å². The van der Waals surface area contributed by atoms with Crippen molar-refractivity contribution in [1.29, 1.82) is 0 Å². The van der Waals surface area contributed by atoms with E-state index in [1.807, 2.05) is 0 Å². The highest BCUT2D eigenvalue weighted by Crippen LogP contribution is 2.23. The fourth-order valence-corrected chi connectivity index (χ4v) is 3.70. The Morgan fingerprint density at radius 3 is 2.07 bits per heavy atom. The molecule has 0 atom stereocenters. The lowest BCUT2D eigenvalue weighted by atomic mass is 10.2. The molecule has 0 aliphatic carbocycles. The maximum atomic E-state index is 12.6. The topological polar surface area (TPSA) is 109 Å². The third-order valence-electron chi connectivity index (χ3n) is 4.29. The molecule has 2 heterocycles. The van der Waals surface area contributed by atoms with Crippen LogP contribution in [0.25, 0.3) is 11.0 Å². The molecule has 3 aromatic rings. The SMILES string of the molecule is Cc1ccc(S(=O)(=O)Oc2cc(=O)n(C)c3c2c(=O)n(C)c(=O)n3C)cc1. The highest BCUT2D eigenvalue weighted by atomic mass is 32.2. The first kappa shape index (κ1) is 18.6. The van der Waals surface area contributed by atoms with Crippen LogP contribution in [0.4, 0.5) is 0 Å². The van der Waals surface area contributed by atoms with Crippen molar-refractivity contribution >= 4 is 21.2 Å². The van der Waals surface area contributed by atoms with Crippen molar-refractivity contribution in [3.05, 3.63) is 67.1 Å². The molecule has 0 N–H and O–H groups in total. The molecule has 10 heteroatoms. The van der Waals surface area contributed by atoms with Crippen molar-refractivity contribution in [2.75, 3.05) is 0 Å². The fourth-order valence-electron chi connectivity index (χ4n) is 2.76. The van der Waals surface area contributed by atoms with Crippen molar-refractivity contribution in [2.24, 2.45) is 21.1 Å². The third-order valence-corrected chi connectivity index (χ3v) is 5.54. The molecule has 0 unspecified atom stereocenters. The predicted molar refractivity (Wildman–Crippen MR) is 98.7 cm³/mol. The van der Waals surface area contributed by atoms with Crippen LogP contribution in [0.3, 0.4) is 0 Å². The minimum Gasteiger partial charge on any atom is -0.378 e. The summed E-state index contributed by atoms with van der Waals surface area (Å²) in [5, 5.41) is -0.183. The second-order valence-corrected chi connectivity index (χ2v) is 7.71. The number of benzene rings is 1. The van der Waals surface area contributed by atoms with E-state index in [0.29, 0.717) is 0 Å². The van der Waals surface area contributed by atoms with E-state index in [4.69, 9.17) is 4.18 Å². The Morgan fingerprint density at radius 1 is 0.889 bits per heavy atom. The Balaban J connectivity index is 2.35. The summed E-state index contributed by atoms with van der Waals surface area (Å²) < 4.78 is 33.3. The third kappa shape index (κ3) is 2.97. The number of nitrogens with zero attached hydrogens (tertiary/aromatic N) is 3. The van der Waals surface area contributed by atoms with Gasteiger partial charge in [-0.25, -0.2) is 4.79 Å². The zero-order valence-corrected chi connectivity index (χ0v) is 15.9. The first-order chi connectivity index (χ1) is 12.5. The van der Waals surface area contributed by atoms with Gasteiger partial charge in [-0.1, -0.05) is 17.7 Å². The quantitative estimate of drug-likeness (QED) is 0.582. The molecule has 2 aromatic heterocycles. The van der Waals surface area contributed by atoms with Gasteiger partial charge in [0.2, 0.25) is 0 Å². The highest BCUT2D eigenvalue weighted by Gasteiger charge is 2.23. The molecule has 142 valence electrons. The molecule has 0 aliphatic heterocycles. The Morgan fingerprint density at radius 2 is 1.48 bits per heavy atom. The molecule has 1 aromatic carbocycles. The van der Waals surface area contributed by atoms with Crippen molar-refractivity contribution < 1.29 is 12.6 Å². The fraction of sp³-hybridized carbons (Fsp3) is 0.235. The smallest absolute Gasteiger partial charge is 0.339 e. The number of hydrogen-bond acceptors (Lipinski definition) is 6. The van der Waals surface area contributed by atoms with E-state index in [0.717, 1.165) is 25.3 Å². The summed E-state index contributed by atoms with van der Waals surface area (Å²) >= 11 is 0. The second kappa shape index (κ2) is 6.23. The number of fused-ring (bicyclic) bond motifs is 1. The second-order valence-electron chi connectivity index (χ2n) is 6.16. The molecule has 0 spiro atoms. The van der Waals surface area contributed by atoms with Crippen molar-refractivity contribution in [2.45, 2.75) is 11.8 Å². The minimum absolute atomic E-state index is 0.0373. The number of rotatable bonds is 3. The molecule has 0 bridgehead atoms.